The summed E-state index contributed by atoms with van der Waals surface area (Å²) in [7, 11) is 0. The predicted molar refractivity (Wildman–Crippen MR) is 76.2 cm³/mol. The molecule has 3 atom stereocenters. The smallest absolute Gasteiger partial charge is 0.241 e. The predicted octanol–water partition coefficient (Wildman–Crippen LogP) is 3.00. The minimum atomic E-state index is 0.0167. The maximum Gasteiger partial charge on any atom is 0.241 e. The molecule has 1 aliphatic heterocycles. The van der Waals surface area contributed by atoms with E-state index >= 15 is 0 Å². The molecule has 0 aromatic heterocycles. The molecule has 3 nitrogen and oxygen atoms in total. The number of carbonyl (C=O) groups excluding carboxylic acids is 1. The van der Waals surface area contributed by atoms with Gasteiger partial charge in [0.25, 0.3) is 0 Å². The lowest BCUT2D eigenvalue weighted by molar-refractivity contribution is -0.133. The van der Waals surface area contributed by atoms with Crippen molar-refractivity contribution >= 4 is 5.91 Å². The van der Waals surface area contributed by atoms with E-state index < -0.39 is 0 Å². The topological polar surface area (TPSA) is 32.3 Å². The highest BCUT2D eigenvalue weighted by atomic mass is 16.2. The van der Waals surface area contributed by atoms with E-state index in [4.69, 9.17) is 0 Å². The summed E-state index contributed by atoms with van der Waals surface area (Å²) in [5, 5.41) is 3.57. The minimum absolute atomic E-state index is 0.0167. The number of hydrogen-bond acceptors (Lipinski definition) is 2. The van der Waals surface area contributed by atoms with Crippen molar-refractivity contribution in [3.05, 3.63) is 0 Å². The van der Waals surface area contributed by atoms with Crippen molar-refractivity contribution in [1.82, 2.24) is 10.2 Å². The fourth-order valence-corrected chi connectivity index (χ4v) is 2.88. The van der Waals surface area contributed by atoms with E-state index in [1.54, 1.807) is 0 Å². The van der Waals surface area contributed by atoms with E-state index in [0.717, 1.165) is 19.3 Å². The van der Waals surface area contributed by atoms with E-state index in [2.05, 4.69) is 51.8 Å². The van der Waals surface area contributed by atoms with Gasteiger partial charge in [0.15, 0.2) is 0 Å². The highest BCUT2D eigenvalue weighted by Crippen LogP contribution is 2.27. The van der Waals surface area contributed by atoms with Gasteiger partial charge in [0.05, 0.1) is 12.2 Å². The number of carbonyl (C=O) groups is 1. The van der Waals surface area contributed by atoms with Gasteiger partial charge in [-0.3, -0.25) is 10.1 Å². The Balaban J connectivity index is 2.94. The van der Waals surface area contributed by atoms with Crippen molar-refractivity contribution in [3.8, 4) is 0 Å². The zero-order chi connectivity index (χ0) is 13.9. The Labute approximate surface area is 112 Å². The molecule has 0 radical (unpaired) electrons. The molecule has 3 heteroatoms. The number of nitrogens with zero attached hydrogens (tertiary/aromatic N) is 1. The van der Waals surface area contributed by atoms with Gasteiger partial charge in [-0.15, -0.1) is 0 Å². The van der Waals surface area contributed by atoms with Gasteiger partial charge < -0.3 is 4.90 Å². The number of rotatable bonds is 6. The molecular formula is C15H30N2O. The number of amides is 1. The van der Waals surface area contributed by atoms with Crippen LogP contribution in [0.2, 0.25) is 0 Å². The van der Waals surface area contributed by atoms with Gasteiger partial charge >= 0.3 is 0 Å². The molecular weight excluding hydrogens is 224 g/mol. The van der Waals surface area contributed by atoms with E-state index in [9.17, 15) is 4.79 Å². The molecule has 0 saturated carbocycles. The minimum Gasteiger partial charge on any atom is -0.323 e. The van der Waals surface area contributed by atoms with E-state index in [-0.39, 0.29) is 12.2 Å². The summed E-state index contributed by atoms with van der Waals surface area (Å²) in [6.07, 6.45) is 3.34. The molecule has 106 valence electrons. The molecule has 1 amide bonds. The second-order valence-corrected chi connectivity index (χ2v) is 5.93. The molecule has 0 spiro atoms. The van der Waals surface area contributed by atoms with Gasteiger partial charge in [0, 0.05) is 6.04 Å². The largest absolute Gasteiger partial charge is 0.323 e. The maximum atomic E-state index is 12.6. The molecule has 1 aliphatic rings. The van der Waals surface area contributed by atoms with Crippen molar-refractivity contribution in [2.75, 3.05) is 0 Å². The lowest BCUT2D eigenvalue weighted by Crippen LogP contribution is -2.46. The van der Waals surface area contributed by atoms with E-state index in [0.29, 0.717) is 23.8 Å². The fourth-order valence-electron chi connectivity index (χ4n) is 2.88. The van der Waals surface area contributed by atoms with Crippen LogP contribution in [0.1, 0.15) is 60.8 Å². The molecule has 1 heterocycles. The van der Waals surface area contributed by atoms with Crippen LogP contribution in [0.15, 0.2) is 0 Å². The molecule has 0 aromatic rings. The first-order valence-corrected chi connectivity index (χ1v) is 7.55. The quantitative estimate of drug-likeness (QED) is 0.790. The SMILES string of the molecule is CCC(C)C1NC(C(C)C)N(C(CC)CC)C1=O. The van der Waals surface area contributed by atoms with Crippen LogP contribution >= 0.6 is 0 Å². The fraction of sp³-hybridized carbons (Fsp3) is 0.933. The zero-order valence-corrected chi connectivity index (χ0v) is 12.9. The van der Waals surface area contributed by atoms with Crippen LogP contribution < -0.4 is 5.32 Å². The number of nitrogens with one attached hydrogen (secondary N) is 1. The summed E-state index contributed by atoms with van der Waals surface area (Å²) in [5.41, 5.74) is 0. The maximum absolute atomic E-state index is 12.6. The summed E-state index contributed by atoms with van der Waals surface area (Å²) in [4.78, 5) is 14.8. The summed E-state index contributed by atoms with van der Waals surface area (Å²) < 4.78 is 0. The molecule has 3 unspecified atom stereocenters. The second-order valence-electron chi connectivity index (χ2n) is 5.93. The van der Waals surface area contributed by atoms with E-state index in [1.807, 2.05) is 0 Å². The normalized spacial score (nSPS) is 26.4. The molecule has 18 heavy (non-hydrogen) atoms. The Hall–Kier alpha value is -0.570. The van der Waals surface area contributed by atoms with Crippen LogP contribution in [0, 0.1) is 11.8 Å². The van der Waals surface area contributed by atoms with Crippen LogP contribution in [0.3, 0.4) is 0 Å². The van der Waals surface area contributed by atoms with Crippen molar-refractivity contribution in [2.45, 2.75) is 79.1 Å². The van der Waals surface area contributed by atoms with Crippen molar-refractivity contribution in [1.29, 1.82) is 0 Å². The first-order chi connectivity index (χ1) is 8.47. The van der Waals surface area contributed by atoms with Crippen LogP contribution in [0.25, 0.3) is 0 Å². The molecule has 1 N–H and O–H groups in total. The van der Waals surface area contributed by atoms with Gasteiger partial charge in [-0.1, -0.05) is 48.0 Å². The summed E-state index contributed by atoms with van der Waals surface area (Å²) >= 11 is 0. The summed E-state index contributed by atoms with van der Waals surface area (Å²) in [5.74, 6) is 1.19. The molecule has 1 rings (SSSR count). The first kappa shape index (κ1) is 15.5. The molecule has 0 aliphatic carbocycles. The van der Waals surface area contributed by atoms with Crippen molar-refractivity contribution in [2.24, 2.45) is 11.8 Å². The molecule has 0 aromatic carbocycles. The van der Waals surface area contributed by atoms with Gasteiger partial charge in [0.1, 0.15) is 0 Å². The zero-order valence-electron chi connectivity index (χ0n) is 12.9. The Morgan fingerprint density at radius 3 is 2.06 bits per heavy atom. The highest BCUT2D eigenvalue weighted by Gasteiger charge is 2.44. The molecule has 0 bridgehead atoms. The lowest BCUT2D eigenvalue weighted by atomic mass is 9.99. The summed E-state index contributed by atoms with van der Waals surface area (Å²) in [6, 6.07) is 0.398. The average Bonchev–Trinajstić information content (AvgIpc) is 2.69. The lowest BCUT2D eigenvalue weighted by Gasteiger charge is -2.33. The standard InChI is InChI=1S/C15H30N2O/c1-7-11(6)13-15(18)17(12(8-2)9-3)14(16-13)10(4)5/h10-14,16H,7-9H2,1-6H3. The van der Waals surface area contributed by atoms with Gasteiger partial charge in [-0.25, -0.2) is 0 Å². The van der Waals surface area contributed by atoms with Gasteiger partial charge in [-0.2, -0.15) is 0 Å². The highest BCUT2D eigenvalue weighted by molar-refractivity contribution is 5.85. The number of hydrogen-bond donors (Lipinski definition) is 1. The first-order valence-electron chi connectivity index (χ1n) is 7.55. The third-order valence-electron chi connectivity index (χ3n) is 4.35. The Morgan fingerprint density at radius 2 is 1.67 bits per heavy atom. The molecule has 1 saturated heterocycles. The van der Waals surface area contributed by atoms with Crippen molar-refractivity contribution < 1.29 is 4.79 Å². The van der Waals surface area contributed by atoms with Crippen molar-refractivity contribution in [3.63, 3.8) is 0 Å². The average molecular weight is 254 g/mol. The van der Waals surface area contributed by atoms with Crippen LogP contribution in [0.5, 0.6) is 0 Å². The monoisotopic (exact) mass is 254 g/mol. The third-order valence-corrected chi connectivity index (χ3v) is 4.35. The van der Waals surface area contributed by atoms with Gasteiger partial charge in [-0.05, 0) is 24.7 Å². The van der Waals surface area contributed by atoms with Gasteiger partial charge in [0.2, 0.25) is 5.91 Å². The Kier molecular flexibility index (Phi) is 5.64. The Bertz CT molecular complexity index is 274. The third kappa shape index (κ3) is 2.87. The second kappa shape index (κ2) is 6.55. The summed E-state index contributed by atoms with van der Waals surface area (Å²) in [6.45, 7) is 13.1. The van der Waals surface area contributed by atoms with Crippen LogP contribution in [0.4, 0.5) is 0 Å². The molecule has 1 fully saturated rings. The van der Waals surface area contributed by atoms with E-state index in [1.165, 1.54) is 0 Å². The van der Waals surface area contributed by atoms with Crippen LogP contribution in [-0.2, 0) is 4.79 Å². The van der Waals surface area contributed by atoms with Crippen LogP contribution in [-0.4, -0.2) is 29.1 Å². The Morgan fingerprint density at radius 1 is 1.11 bits per heavy atom.